The molecule has 0 saturated carbocycles. The SMILES string of the molecule is CCCNc1ncc(F)c(N(C)c2ccc(CC)cc2)n1. The summed E-state index contributed by atoms with van der Waals surface area (Å²) in [4.78, 5) is 9.94. The number of halogens is 1. The maximum atomic E-state index is 14.0. The minimum Gasteiger partial charge on any atom is -0.354 e. The summed E-state index contributed by atoms with van der Waals surface area (Å²) in [6, 6.07) is 8.03. The van der Waals surface area contributed by atoms with Crippen molar-refractivity contribution in [3.8, 4) is 0 Å². The van der Waals surface area contributed by atoms with Gasteiger partial charge < -0.3 is 10.2 Å². The number of hydrogen-bond donors (Lipinski definition) is 1. The predicted octanol–water partition coefficient (Wildman–Crippen LogP) is 3.77. The molecule has 0 saturated heterocycles. The minimum atomic E-state index is -0.431. The third-order valence-electron chi connectivity index (χ3n) is 3.31. The van der Waals surface area contributed by atoms with Crippen LogP contribution in [0.4, 0.5) is 21.8 Å². The zero-order chi connectivity index (χ0) is 15.2. The van der Waals surface area contributed by atoms with Crippen LogP contribution in [0.5, 0.6) is 0 Å². The molecule has 0 atom stereocenters. The van der Waals surface area contributed by atoms with Gasteiger partial charge in [0.1, 0.15) is 0 Å². The molecule has 21 heavy (non-hydrogen) atoms. The Morgan fingerprint density at radius 2 is 1.90 bits per heavy atom. The van der Waals surface area contributed by atoms with Crippen molar-refractivity contribution in [3.05, 3.63) is 41.8 Å². The Balaban J connectivity index is 2.25. The number of anilines is 3. The van der Waals surface area contributed by atoms with Crippen molar-refractivity contribution in [2.24, 2.45) is 0 Å². The lowest BCUT2D eigenvalue weighted by atomic mass is 10.1. The van der Waals surface area contributed by atoms with E-state index in [1.807, 2.05) is 24.3 Å². The van der Waals surface area contributed by atoms with Crippen LogP contribution in [-0.4, -0.2) is 23.6 Å². The Labute approximate surface area is 125 Å². The van der Waals surface area contributed by atoms with Crippen LogP contribution in [0, 0.1) is 5.82 Å². The van der Waals surface area contributed by atoms with Crippen LogP contribution in [-0.2, 0) is 6.42 Å². The van der Waals surface area contributed by atoms with Gasteiger partial charge >= 0.3 is 0 Å². The molecule has 0 unspecified atom stereocenters. The van der Waals surface area contributed by atoms with Gasteiger partial charge in [0.05, 0.1) is 6.20 Å². The molecular weight excluding hydrogens is 267 g/mol. The fourth-order valence-corrected chi connectivity index (χ4v) is 1.99. The molecule has 0 bridgehead atoms. The van der Waals surface area contributed by atoms with E-state index >= 15 is 0 Å². The third kappa shape index (κ3) is 3.68. The molecule has 0 spiro atoms. The Bertz CT molecular complexity index is 583. The van der Waals surface area contributed by atoms with E-state index in [0.717, 1.165) is 25.1 Å². The van der Waals surface area contributed by atoms with E-state index in [-0.39, 0.29) is 5.82 Å². The van der Waals surface area contributed by atoms with Gasteiger partial charge in [-0.15, -0.1) is 0 Å². The van der Waals surface area contributed by atoms with Crippen LogP contribution in [0.3, 0.4) is 0 Å². The van der Waals surface area contributed by atoms with Crippen LogP contribution in [0.15, 0.2) is 30.5 Å². The standard InChI is InChI=1S/C16H21FN4/c1-4-10-18-16-19-11-14(17)15(20-16)21(3)13-8-6-12(5-2)7-9-13/h6-9,11H,4-5,10H2,1-3H3,(H,18,19,20). The van der Waals surface area contributed by atoms with E-state index in [0.29, 0.717) is 5.95 Å². The summed E-state index contributed by atoms with van der Waals surface area (Å²) < 4.78 is 14.0. The lowest BCUT2D eigenvalue weighted by Crippen LogP contribution is -2.15. The quantitative estimate of drug-likeness (QED) is 0.878. The average molecular weight is 288 g/mol. The molecule has 0 aliphatic carbocycles. The van der Waals surface area contributed by atoms with Gasteiger partial charge in [-0.2, -0.15) is 4.98 Å². The van der Waals surface area contributed by atoms with Crippen molar-refractivity contribution in [1.29, 1.82) is 0 Å². The van der Waals surface area contributed by atoms with Crippen molar-refractivity contribution in [2.75, 3.05) is 23.8 Å². The Morgan fingerprint density at radius 3 is 2.52 bits per heavy atom. The van der Waals surface area contributed by atoms with Crippen LogP contribution in [0.25, 0.3) is 0 Å². The first-order chi connectivity index (χ1) is 10.2. The Morgan fingerprint density at radius 1 is 1.19 bits per heavy atom. The second-order valence-electron chi connectivity index (χ2n) is 4.87. The van der Waals surface area contributed by atoms with Crippen molar-refractivity contribution in [2.45, 2.75) is 26.7 Å². The maximum absolute atomic E-state index is 14.0. The highest BCUT2D eigenvalue weighted by atomic mass is 19.1. The monoisotopic (exact) mass is 288 g/mol. The molecule has 0 fully saturated rings. The first kappa shape index (κ1) is 15.2. The molecule has 2 aromatic rings. The molecule has 0 amide bonds. The van der Waals surface area contributed by atoms with Crippen LogP contribution in [0.2, 0.25) is 0 Å². The highest BCUT2D eigenvalue weighted by Gasteiger charge is 2.13. The van der Waals surface area contributed by atoms with E-state index in [1.54, 1.807) is 11.9 Å². The predicted molar refractivity (Wildman–Crippen MR) is 84.7 cm³/mol. The number of aromatic nitrogens is 2. The number of hydrogen-bond acceptors (Lipinski definition) is 4. The van der Waals surface area contributed by atoms with E-state index in [1.165, 1.54) is 11.8 Å². The second kappa shape index (κ2) is 7.02. The fraction of sp³-hybridized carbons (Fsp3) is 0.375. The number of nitrogens with one attached hydrogen (secondary N) is 1. The molecule has 112 valence electrons. The molecule has 1 N–H and O–H groups in total. The molecule has 0 aliphatic rings. The van der Waals surface area contributed by atoms with Crippen LogP contribution >= 0.6 is 0 Å². The summed E-state index contributed by atoms with van der Waals surface area (Å²) in [5.41, 5.74) is 2.15. The van der Waals surface area contributed by atoms with Crippen molar-refractivity contribution in [3.63, 3.8) is 0 Å². The Kier molecular flexibility index (Phi) is 5.09. The second-order valence-corrected chi connectivity index (χ2v) is 4.87. The summed E-state index contributed by atoms with van der Waals surface area (Å²) >= 11 is 0. The van der Waals surface area contributed by atoms with Crippen molar-refractivity contribution >= 4 is 17.5 Å². The van der Waals surface area contributed by atoms with Gasteiger partial charge in [-0.05, 0) is 30.5 Å². The highest BCUT2D eigenvalue weighted by molar-refractivity contribution is 5.60. The van der Waals surface area contributed by atoms with Gasteiger partial charge in [0.2, 0.25) is 5.95 Å². The van der Waals surface area contributed by atoms with Crippen LogP contribution < -0.4 is 10.2 Å². The normalized spacial score (nSPS) is 10.5. The number of aryl methyl sites for hydroxylation is 1. The highest BCUT2D eigenvalue weighted by Crippen LogP contribution is 2.25. The van der Waals surface area contributed by atoms with Gasteiger partial charge in [-0.3, -0.25) is 0 Å². The summed E-state index contributed by atoms with van der Waals surface area (Å²) in [7, 11) is 1.80. The third-order valence-corrected chi connectivity index (χ3v) is 3.31. The largest absolute Gasteiger partial charge is 0.354 e. The molecule has 2 rings (SSSR count). The molecule has 1 heterocycles. The van der Waals surface area contributed by atoms with Gasteiger partial charge in [0, 0.05) is 19.3 Å². The topological polar surface area (TPSA) is 41.1 Å². The number of rotatable bonds is 6. The van der Waals surface area contributed by atoms with Gasteiger partial charge in [-0.1, -0.05) is 26.0 Å². The molecule has 5 heteroatoms. The van der Waals surface area contributed by atoms with E-state index < -0.39 is 5.82 Å². The molecule has 0 aliphatic heterocycles. The number of benzene rings is 1. The molecule has 1 aromatic heterocycles. The summed E-state index contributed by atoms with van der Waals surface area (Å²) in [5.74, 6) is 0.289. The number of nitrogens with zero attached hydrogens (tertiary/aromatic N) is 3. The Hall–Kier alpha value is -2.17. The van der Waals surface area contributed by atoms with Crippen LogP contribution in [0.1, 0.15) is 25.8 Å². The first-order valence-electron chi connectivity index (χ1n) is 7.24. The van der Waals surface area contributed by atoms with E-state index in [9.17, 15) is 4.39 Å². The molecular formula is C16H21FN4. The van der Waals surface area contributed by atoms with Gasteiger partial charge in [0.15, 0.2) is 11.6 Å². The fourth-order valence-electron chi connectivity index (χ4n) is 1.99. The zero-order valence-electron chi connectivity index (χ0n) is 12.7. The van der Waals surface area contributed by atoms with Gasteiger partial charge in [-0.25, -0.2) is 9.37 Å². The first-order valence-corrected chi connectivity index (χ1v) is 7.24. The lowest BCUT2D eigenvalue weighted by molar-refractivity contribution is 0.614. The summed E-state index contributed by atoms with van der Waals surface area (Å²) in [6.45, 7) is 4.92. The van der Waals surface area contributed by atoms with E-state index in [4.69, 9.17) is 0 Å². The zero-order valence-corrected chi connectivity index (χ0v) is 12.7. The summed E-state index contributed by atoms with van der Waals surface area (Å²) in [6.07, 6.45) is 3.15. The molecule has 1 aromatic carbocycles. The average Bonchev–Trinajstić information content (AvgIpc) is 2.53. The molecule has 4 nitrogen and oxygen atoms in total. The van der Waals surface area contributed by atoms with E-state index in [2.05, 4.69) is 29.1 Å². The maximum Gasteiger partial charge on any atom is 0.224 e. The van der Waals surface area contributed by atoms with Crippen molar-refractivity contribution in [1.82, 2.24) is 9.97 Å². The smallest absolute Gasteiger partial charge is 0.224 e. The van der Waals surface area contributed by atoms with Crippen molar-refractivity contribution < 1.29 is 4.39 Å². The minimum absolute atomic E-state index is 0.271. The molecule has 0 radical (unpaired) electrons. The lowest BCUT2D eigenvalue weighted by Gasteiger charge is -2.19. The summed E-state index contributed by atoms with van der Waals surface area (Å²) in [5, 5.41) is 3.07. The van der Waals surface area contributed by atoms with Gasteiger partial charge in [0.25, 0.3) is 0 Å².